The van der Waals surface area contributed by atoms with Crippen molar-refractivity contribution in [2.75, 3.05) is 0 Å². The highest BCUT2D eigenvalue weighted by Crippen LogP contribution is 2.28. The molecular weight excluding hydrogens is 304 g/mol. The van der Waals surface area contributed by atoms with Gasteiger partial charge in [-0.05, 0) is 51.9 Å². The van der Waals surface area contributed by atoms with Gasteiger partial charge in [0.2, 0.25) is 0 Å². The van der Waals surface area contributed by atoms with Gasteiger partial charge in [-0.2, -0.15) is 0 Å². The number of carbonyl (C=O) groups excluding carboxylic acids is 1. The third-order valence-corrected chi connectivity index (χ3v) is 4.71. The second-order valence-corrected chi connectivity index (χ2v) is 8.52. The van der Waals surface area contributed by atoms with Crippen molar-refractivity contribution in [3.05, 3.63) is 24.3 Å². The molecule has 4 nitrogen and oxygen atoms in total. The second kappa shape index (κ2) is 7.94. The molecular formula is C20H34O4. The maximum Gasteiger partial charge on any atom is 0.138 e. The molecule has 0 saturated carbocycles. The van der Waals surface area contributed by atoms with Crippen LogP contribution in [0.15, 0.2) is 24.3 Å². The summed E-state index contributed by atoms with van der Waals surface area (Å²) in [6, 6.07) is 0. The van der Waals surface area contributed by atoms with Crippen molar-refractivity contribution < 1.29 is 20.1 Å². The summed E-state index contributed by atoms with van der Waals surface area (Å²) >= 11 is 0. The Labute approximate surface area is 146 Å². The minimum atomic E-state index is -1.22. The van der Waals surface area contributed by atoms with Gasteiger partial charge < -0.3 is 15.3 Å². The lowest BCUT2D eigenvalue weighted by atomic mass is 9.83. The van der Waals surface area contributed by atoms with E-state index in [0.717, 1.165) is 6.42 Å². The summed E-state index contributed by atoms with van der Waals surface area (Å²) in [7, 11) is 0. The van der Waals surface area contributed by atoms with E-state index in [1.165, 1.54) is 0 Å². The molecule has 0 unspecified atom stereocenters. The Morgan fingerprint density at radius 3 is 2.25 bits per heavy atom. The summed E-state index contributed by atoms with van der Waals surface area (Å²) in [6.45, 7) is 9.20. The topological polar surface area (TPSA) is 77.8 Å². The summed E-state index contributed by atoms with van der Waals surface area (Å²) in [5.41, 5.74) is -3.34. The predicted octanol–water partition coefficient (Wildman–Crippen LogP) is 3.16. The normalized spacial score (nSPS) is 42.5. The number of allylic oxidation sites excluding steroid dienone is 1. The summed E-state index contributed by atoms with van der Waals surface area (Å²) in [5.74, 6) is 0.423. The van der Waals surface area contributed by atoms with Gasteiger partial charge in [-0.3, -0.25) is 4.79 Å². The van der Waals surface area contributed by atoms with Gasteiger partial charge >= 0.3 is 0 Å². The quantitative estimate of drug-likeness (QED) is 0.642. The van der Waals surface area contributed by atoms with Crippen LogP contribution in [0.3, 0.4) is 0 Å². The smallest absolute Gasteiger partial charge is 0.138 e. The van der Waals surface area contributed by atoms with Crippen LogP contribution in [0, 0.1) is 11.8 Å². The fraction of sp³-hybridized carbons (Fsp3) is 0.750. The molecule has 0 aromatic heterocycles. The predicted molar refractivity (Wildman–Crippen MR) is 96.6 cm³/mol. The van der Waals surface area contributed by atoms with E-state index >= 15 is 0 Å². The Bertz CT molecular complexity index is 484. The highest BCUT2D eigenvalue weighted by molar-refractivity contribution is 5.80. The largest absolute Gasteiger partial charge is 0.389 e. The molecule has 0 aromatic carbocycles. The van der Waals surface area contributed by atoms with Crippen LogP contribution in [0.4, 0.5) is 0 Å². The lowest BCUT2D eigenvalue weighted by molar-refractivity contribution is -0.126. The summed E-state index contributed by atoms with van der Waals surface area (Å²) in [5, 5.41) is 31.3. The molecule has 0 spiro atoms. The second-order valence-electron chi connectivity index (χ2n) is 8.52. The van der Waals surface area contributed by atoms with Crippen LogP contribution in [0.5, 0.6) is 0 Å². The number of carbonyl (C=O) groups is 1. The van der Waals surface area contributed by atoms with E-state index in [0.29, 0.717) is 18.8 Å². The highest BCUT2D eigenvalue weighted by Gasteiger charge is 2.29. The molecule has 4 heteroatoms. The zero-order chi connectivity index (χ0) is 18.6. The third-order valence-electron chi connectivity index (χ3n) is 4.71. The Morgan fingerprint density at radius 2 is 1.67 bits per heavy atom. The van der Waals surface area contributed by atoms with Crippen molar-refractivity contribution in [2.24, 2.45) is 11.8 Å². The fourth-order valence-corrected chi connectivity index (χ4v) is 3.11. The van der Waals surface area contributed by atoms with Gasteiger partial charge in [0.25, 0.3) is 0 Å². The van der Waals surface area contributed by atoms with Crippen LogP contribution < -0.4 is 0 Å². The molecule has 0 bridgehead atoms. The van der Waals surface area contributed by atoms with Crippen LogP contribution in [-0.4, -0.2) is 37.9 Å². The van der Waals surface area contributed by atoms with Gasteiger partial charge in [0.1, 0.15) is 5.78 Å². The van der Waals surface area contributed by atoms with E-state index in [9.17, 15) is 20.1 Å². The van der Waals surface area contributed by atoms with Gasteiger partial charge in [0.15, 0.2) is 0 Å². The number of Topliss-reactive ketones (excluding diaryl/α,β-unsaturated/α-hetero) is 1. The van der Waals surface area contributed by atoms with Crippen molar-refractivity contribution in [1.29, 1.82) is 0 Å². The number of hydrogen-bond acceptors (Lipinski definition) is 4. The lowest BCUT2D eigenvalue weighted by Crippen LogP contribution is -2.32. The Hall–Kier alpha value is -0.970. The Morgan fingerprint density at radius 1 is 1.04 bits per heavy atom. The van der Waals surface area contributed by atoms with E-state index in [-0.39, 0.29) is 24.5 Å². The molecule has 4 atom stereocenters. The summed E-state index contributed by atoms with van der Waals surface area (Å²) in [4.78, 5) is 12.2. The molecule has 1 rings (SSSR count). The number of hydrogen-bond donors (Lipinski definition) is 3. The highest BCUT2D eigenvalue weighted by atomic mass is 16.3. The van der Waals surface area contributed by atoms with E-state index in [1.54, 1.807) is 39.0 Å². The van der Waals surface area contributed by atoms with Crippen molar-refractivity contribution in [2.45, 2.75) is 83.5 Å². The molecule has 0 saturated heterocycles. The molecule has 3 N–H and O–H groups in total. The minimum absolute atomic E-state index is 0.00804. The van der Waals surface area contributed by atoms with E-state index < -0.39 is 16.8 Å². The third kappa shape index (κ3) is 7.73. The molecule has 0 amide bonds. The number of aliphatic hydroxyl groups is 3. The van der Waals surface area contributed by atoms with E-state index in [2.05, 4.69) is 13.8 Å². The standard InChI is InChI=1S/C20H34O4/c1-15(2)16-7-11-18(3,22)9-6-10-19(4,23)13-17(21)14-20(5,24)12-8-16/h6,8-9,12,15-16,22-24H,7,10-11,13-14H2,1-5H3/b9-6+,12-8+/t16-,18+,19+,20-/m1/s1. The van der Waals surface area contributed by atoms with Gasteiger partial charge in [0, 0.05) is 12.8 Å². The first kappa shape index (κ1) is 21.1. The van der Waals surface area contributed by atoms with Crippen molar-refractivity contribution in [3.63, 3.8) is 0 Å². The van der Waals surface area contributed by atoms with Gasteiger partial charge in [-0.25, -0.2) is 0 Å². The molecule has 0 radical (unpaired) electrons. The monoisotopic (exact) mass is 338 g/mol. The Balaban J connectivity index is 3.07. The van der Waals surface area contributed by atoms with E-state index in [4.69, 9.17) is 0 Å². The van der Waals surface area contributed by atoms with Crippen molar-refractivity contribution in [1.82, 2.24) is 0 Å². The zero-order valence-electron chi connectivity index (χ0n) is 15.7. The van der Waals surface area contributed by atoms with Gasteiger partial charge in [-0.1, -0.05) is 38.2 Å². The van der Waals surface area contributed by atoms with Crippen LogP contribution in [0.2, 0.25) is 0 Å². The Kier molecular flexibility index (Phi) is 6.97. The molecule has 1 aliphatic carbocycles. The van der Waals surface area contributed by atoms with E-state index in [1.807, 2.05) is 6.08 Å². The number of rotatable bonds is 1. The molecule has 24 heavy (non-hydrogen) atoms. The van der Waals surface area contributed by atoms with Gasteiger partial charge in [0.05, 0.1) is 16.8 Å². The SMILES string of the molecule is CC(C)[C@H]1/C=C/[C@@](C)(O)CC(=O)C[C@@](C)(O)C/C=C/[C@](C)(O)CC1. The van der Waals surface area contributed by atoms with Crippen LogP contribution in [0.1, 0.15) is 66.7 Å². The van der Waals surface area contributed by atoms with Crippen LogP contribution in [-0.2, 0) is 4.79 Å². The maximum absolute atomic E-state index is 12.2. The molecule has 0 aromatic rings. The molecule has 0 aliphatic heterocycles. The maximum atomic E-state index is 12.2. The average molecular weight is 338 g/mol. The average Bonchev–Trinajstić information content (AvgIpc) is 2.34. The first-order valence-electron chi connectivity index (χ1n) is 8.88. The first-order valence-corrected chi connectivity index (χ1v) is 8.88. The summed E-state index contributed by atoms with van der Waals surface area (Å²) < 4.78 is 0. The molecule has 0 heterocycles. The van der Waals surface area contributed by atoms with Crippen molar-refractivity contribution in [3.8, 4) is 0 Å². The number of ketones is 1. The molecule has 0 fully saturated rings. The van der Waals surface area contributed by atoms with Crippen LogP contribution in [0.25, 0.3) is 0 Å². The minimum Gasteiger partial charge on any atom is -0.389 e. The first-order chi connectivity index (χ1) is 10.8. The molecule has 138 valence electrons. The lowest BCUT2D eigenvalue weighted by Gasteiger charge is -2.27. The van der Waals surface area contributed by atoms with Crippen molar-refractivity contribution >= 4 is 5.78 Å². The van der Waals surface area contributed by atoms with Gasteiger partial charge in [-0.15, -0.1) is 0 Å². The zero-order valence-corrected chi connectivity index (χ0v) is 15.7. The molecule has 1 aliphatic rings. The van der Waals surface area contributed by atoms with Crippen LogP contribution >= 0.6 is 0 Å². The summed E-state index contributed by atoms with van der Waals surface area (Å²) in [6.07, 6.45) is 8.77. The fourth-order valence-electron chi connectivity index (χ4n) is 3.11.